The number of halogens is 2. The molecule has 31 heavy (non-hydrogen) atoms. The molecule has 0 bridgehead atoms. The van der Waals surface area contributed by atoms with Crippen LogP contribution >= 0.6 is 35.3 Å². The Morgan fingerprint density at radius 1 is 1.35 bits per heavy atom. The highest BCUT2D eigenvalue weighted by Crippen LogP contribution is 2.20. The standard InChI is InChI=1S/C22H32FN5OS.HI/c1-4-18-14-26-21(30-18)7-10-25-22(24-2)27-17-8-11-28(12-9-17)15-16-5-6-20(29-3)19(23)13-16;/h5-6,13-14,17H,4,7-12,15H2,1-3H3,(H2,24,25,27);1H. The molecule has 0 radical (unpaired) electrons. The molecule has 1 aromatic heterocycles. The van der Waals surface area contributed by atoms with Gasteiger partial charge in [-0.15, -0.1) is 35.3 Å². The lowest BCUT2D eigenvalue weighted by molar-refractivity contribution is 0.198. The first-order chi connectivity index (χ1) is 14.6. The van der Waals surface area contributed by atoms with E-state index in [0.717, 1.165) is 68.4 Å². The molecule has 0 saturated carbocycles. The van der Waals surface area contributed by atoms with Gasteiger partial charge in [-0.3, -0.25) is 9.89 Å². The molecule has 2 N–H and O–H groups in total. The number of benzene rings is 1. The van der Waals surface area contributed by atoms with Crippen LogP contribution in [-0.4, -0.2) is 55.7 Å². The molecule has 0 amide bonds. The van der Waals surface area contributed by atoms with Gasteiger partial charge in [-0.25, -0.2) is 9.37 Å². The maximum Gasteiger partial charge on any atom is 0.191 e. The van der Waals surface area contributed by atoms with Crippen molar-refractivity contribution in [3.8, 4) is 5.75 Å². The lowest BCUT2D eigenvalue weighted by Gasteiger charge is -2.33. The molecule has 1 aromatic carbocycles. The van der Waals surface area contributed by atoms with Gasteiger partial charge in [0, 0.05) is 56.8 Å². The molecule has 2 aromatic rings. The van der Waals surface area contributed by atoms with Gasteiger partial charge in [0.15, 0.2) is 17.5 Å². The third-order valence-electron chi connectivity index (χ3n) is 5.36. The van der Waals surface area contributed by atoms with E-state index in [9.17, 15) is 4.39 Å². The van der Waals surface area contributed by atoms with Crippen LogP contribution in [-0.2, 0) is 19.4 Å². The normalized spacial score (nSPS) is 15.4. The smallest absolute Gasteiger partial charge is 0.191 e. The predicted molar refractivity (Wildman–Crippen MR) is 136 cm³/mol. The van der Waals surface area contributed by atoms with Gasteiger partial charge in [-0.1, -0.05) is 13.0 Å². The fraction of sp³-hybridized carbons (Fsp3) is 0.545. The fourth-order valence-electron chi connectivity index (χ4n) is 3.60. The minimum absolute atomic E-state index is 0. The number of methoxy groups -OCH3 is 1. The van der Waals surface area contributed by atoms with Gasteiger partial charge >= 0.3 is 0 Å². The van der Waals surface area contributed by atoms with Crippen LogP contribution in [0.3, 0.4) is 0 Å². The summed E-state index contributed by atoms with van der Waals surface area (Å²) in [7, 11) is 3.29. The number of hydrogen-bond donors (Lipinski definition) is 2. The molecule has 0 aliphatic carbocycles. The van der Waals surface area contributed by atoms with Crippen molar-refractivity contribution in [2.75, 3.05) is 33.8 Å². The molecule has 6 nitrogen and oxygen atoms in total. The van der Waals surface area contributed by atoms with Crippen LogP contribution in [0, 0.1) is 5.82 Å². The predicted octanol–water partition coefficient (Wildman–Crippen LogP) is 3.84. The lowest BCUT2D eigenvalue weighted by Crippen LogP contribution is -2.48. The van der Waals surface area contributed by atoms with Gasteiger partial charge in [0.2, 0.25) is 0 Å². The molecule has 0 unspecified atom stereocenters. The highest BCUT2D eigenvalue weighted by atomic mass is 127. The Balaban J connectivity index is 0.00000341. The summed E-state index contributed by atoms with van der Waals surface area (Å²) in [4.78, 5) is 12.5. The third-order valence-corrected chi connectivity index (χ3v) is 6.56. The number of likely N-dealkylation sites (tertiary alicyclic amines) is 1. The van der Waals surface area contributed by atoms with Crippen LogP contribution in [0.4, 0.5) is 4.39 Å². The number of piperidine rings is 1. The summed E-state index contributed by atoms with van der Waals surface area (Å²) in [5.74, 6) is 0.837. The molecule has 0 spiro atoms. The quantitative estimate of drug-likeness (QED) is 0.292. The molecule has 172 valence electrons. The Bertz CT molecular complexity index is 839. The van der Waals surface area contributed by atoms with Crippen LogP contribution in [0.5, 0.6) is 5.75 Å². The average Bonchev–Trinajstić information content (AvgIpc) is 3.22. The number of aromatic nitrogens is 1. The molecule has 9 heteroatoms. The Hall–Kier alpha value is -1.46. The van der Waals surface area contributed by atoms with E-state index in [0.29, 0.717) is 11.8 Å². The van der Waals surface area contributed by atoms with Crippen molar-refractivity contribution in [3.63, 3.8) is 0 Å². The van der Waals surface area contributed by atoms with E-state index in [-0.39, 0.29) is 29.8 Å². The molecule has 1 aliphatic heterocycles. The summed E-state index contributed by atoms with van der Waals surface area (Å²) in [6, 6.07) is 5.60. The second-order valence-electron chi connectivity index (χ2n) is 7.49. The molecular weight excluding hydrogens is 528 g/mol. The monoisotopic (exact) mass is 561 g/mol. The molecule has 1 saturated heterocycles. The highest BCUT2D eigenvalue weighted by molar-refractivity contribution is 14.0. The number of guanidine groups is 1. The van der Waals surface area contributed by atoms with Crippen LogP contribution < -0.4 is 15.4 Å². The van der Waals surface area contributed by atoms with Gasteiger partial charge in [0.25, 0.3) is 0 Å². The van der Waals surface area contributed by atoms with E-state index >= 15 is 0 Å². The summed E-state index contributed by atoms with van der Waals surface area (Å²) in [5.41, 5.74) is 0.977. The Labute approximate surface area is 205 Å². The van der Waals surface area contributed by atoms with E-state index < -0.39 is 0 Å². The maximum absolute atomic E-state index is 13.9. The summed E-state index contributed by atoms with van der Waals surface area (Å²) in [6.07, 6.45) is 5.99. The fourth-order valence-corrected chi connectivity index (χ4v) is 4.47. The van der Waals surface area contributed by atoms with E-state index in [1.807, 2.05) is 12.3 Å². The first-order valence-corrected chi connectivity index (χ1v) is 11.4. The second-order valence-corrected chi connectivity index (χ2v) is 8.69. The summed E-state index contributed by atoms with van der Waals surface area (Å²) in [5, 5.41) is 8.10. The molecule has 0 atom stereocenters. The average molecular weight is 562 g/mol. The lowest BCUT2D eigenvalue weighted by atomic mass is 10.0. The van der Waals surface area contributed by atoms with Crippen LogP contribution in [0.15, 0.2) is 29.4 Å². The number of rotatable bonds is 8. The van der Waals surface area contributed by atoms with Crippen molar-refractivity contribution < 1.29 is 9.13 Å². The first-order valence-electron chi connectivity index (χ1n) is 10.6. The number of ether oxygens (including phenoxy) is 1. The largest absolute Gasteiger partial charge is 0.494 e. The summed E-state index contributed by atoms with van der Waals surface area (Å²) < 4.78 is 18.9. The Kier molecular flexibility index (Phi) is 11.0. The van der Waals surface area contributed by atoms with Crippen molar-refractivity contribution >= 4 is 41.3 Å². The van der Waals surface area contributed by atoms with Gasteiger partial charge in [0.05, 0.1) is 12.1 Å². The summed E-state index contributed by atoms with van der Waals surface area (Å²) >= 11 is 1.78. The first kappa shape index (κ1) is 25.8. The Morgan fingerprint density at radius 2 is 2.13 bits per heavy atom. The number of hydrogen-bond acceptors (Lipinski definition) is 5. The van der Waals surface area contributed by atoms with Crippen molar-refractivity contribution in [1.82, 2.24) is 20.5 Å². The zero-order valence-corrected chi connectivity index (χ0v) is 21.6. The zero-order valence-electron chi connectivity index (χ0n) is 18.5. The number of thiazole rings is 1. The molecule has 3 rings (SSSR count). The number of aliphatic imine (C=N–C) groups is 1. The van der Waals surface area contributed by atoms with Crippen molar-refractivity contribution in [3.05, 3.63) is 45.7 Å². The number of nitrogens with one attached hydrogen (secondary N) is 2. The maximum atomic E-state index is 13.9. The van der Waals surface area contributed by atoms with Crippen molar-refractivity contribution in [2.24, 2.45) is 4.99 Å². The summed E-state index contributed by atoms with van der Waals surface area (Å²) in [6.45, 7) is 5.68. The minimum Gasteiger partial charge on any atom is -0.494 e. The van der Waals surface area contributed by atoms with Gasteiger partial charge in [-0.05, 0) is 37.0 Å². The molecule has 1 fully saturated rings. The minimum atomic E-state index is -0.301. The van der Waals surface area contributed by atoms with Crippen molar-refractivity contribution in [2.45, 2.75) is 45.2 Å². The van der Waals surface area contributed by atoms with Crippen LogP contribution in [0.2, 0.25) is 0 Å². The topological polar surface area (TPSA) is 61.8 Å². The highest BCUT2D eigenvalue weighted by Gasteiger charge is 2.20. The number of aryl methyl sites for hydroxylation is 1. The second kappa shape index (κ2) is 13.2. The zero-order chi connectivity index (χ0) is 21.3. The van der Waals surface area contributed by atoms with Crippen LogP contribution in [0.25, 0.3) is 0 Å². The third kappa shape index (κ3) is 7.87. The molecular formula is C22H33FIN5OS. The molecule has 2 heterocycles. The van der Waals surface area contributed by atoms with E-state index in [4.69, 9.17) is 4.74 Å². The SMILES string of the molecule is CCc1cnc(CCNC(=NC)NC2CCN(Cc3ccc(OC)c(F)c3)CC2)s1.I. The van der Waals surface area contributed by atoms with Gasteiger partial charge < -0.3 is 15.4 Å². The van der Waals surface area contributed by atoms with E-state index in [1.54, 1.807) is 30.5 Å². The Morgan fingerprint density at radius 3 is 2.74 bits per heavy atom. The van der Waals surface area contributed by atoms with E-state index in [1.165, 1.54) is 12.0 Å². The molecule has 1 aliphatic rings. The van der Waals surface area contributed by atoms with Gasteiger partial charge in [0.1, 0.15) is 0 Å². The van der Waals surface area contributed by atoms with Gasteiger partial charge in [-0.2, -0.15) is 0 Å². The van der Waals surface area contributed by atoms with E-state index in [2.05, 4.69) is 32.4 Å². The number of nitrogens with zero attached hydrogens (tertiary/aromatic N) is 3. The van der Waals surface area contributed by atoms with Crippen molar-refractivity contribution in [1.29, 1.82) is 0 Å². The van der Waals surface area contributed by atoms with Crippen LogP contribution in [0.1, 0.15) is 35.2 Å².